The van der Waals surface area contributed by atoms with Crippen LogP contribution in [0.3, 0.4) is 0 Å². The lowest BCUT2D eigenvalue weighted by Gasteiger charge is -2.07. The second-order valence-corrected chi connectivity index (χ2v) is 4.70. The number of amides is 1. The SMILES string of the molecule is CC(O)CCC(=O)NC1CC1(C)C. The van der Waals surface area contributed by atoms with Crippen molar-refractivity contribution in [3.8, 4) is 0 Å². The molecule has 3 nitrogen and oxygen atoms in total. The Morgan fingerprint density at radius 2 is 2.23 bits per heavy atom. The standard InChI is InChI=1S/C10H19NO2/c1-7(12)4-5-9(13)11-8-6-10(8,2)3/h7-8,12H,4-6H2,1-3H3,(H,11,13). The van der Waals surface area contributed by atoms with Crippen molar-refractivity contribution in [2.45, 2.75) is 52.2 Å². The number of nitrogens with one attached hydrogen (secondary N) is 1. The Morgan fingerprint density at radius 3 is 2.62 bits per heavy atom. The fraction of sp³-hybridized carbons (Fsp3) is 0.900. The van der Waals surface area contributed by atoms with Crippen LogP contribution in [0.25, 0.3) is 0 Å². The number of hydrogen-bond acceptors (Lipinski definition) is 2. The molecule has 0 saturated heterocycles. The van der Waals surface area contributed by atoms with E-state index in [4.69, 9.17) is 5.11 Å². The number of hydrogen-bond donors (Lipinski definition) is 2. The number of aliphatic hydroxyl groups is 1. The molecule has 0 bridgehead atoms. The molecule has 0 spiro atoms. The lowest BCUT2D eigenvalue weighted by Crippen LogP contribution is -2.28. The molecule has 2 atom stereocenters. The molecule has 1 aliphatic carbocycles. The zero-order valence-corrected chi connectivity index (χ0v) is 8.63. The molecule has 1 fully saturated rings. The highest BCUT2D eigenvalue weighted by Crippen LogP contribution is 2.44. The van der Waals surface area contributed by atoms with Crippen molar-refractivity contribution < 1.29 is 9.90 Å². The normalized spacial score (nSPS) is 26.6. The summed E-state index contributed by atoms with van der Waals surface area (Å²) in [5, 5.41) is 11.9. The van der Waals surface area contributed by atoms with Gasteiger partial charge in [-0.3, -0.25) is 4.79 Å². The third-order valence-electron chi connectivity index (χ3n) is 2.64. The van der Waals surface area contributed by atoms with Crippen LogP contribution >= 0.6 is 0 Å². The van der Waals surface area contributed by atoms with E-state index in [9.17, 15) is 4.79 Å². The minimum Gasteiger partial charge on any atom is -0.393 e. The van der Waals surface area contributed by atoms with Crippen LogP contribution in [0.4, 0.5) is 0 Å². The summed E-state index contributed by atoms with van der Waals surface area (Å²) >= 11 is 0. The molecular weight excluding hydrogens is 166 g/mol. The molecule has 1 saturated carbocycles. The summed E-state index contributed by atoms with van der Waals surface area (Å²) in [6, 6.07) is 0.356. The summed E-state index contributed by atoms with van der Waals surface area (Å²) in [6.45, 7) is 5.99. The van der Waals surface area contributed by atoms with Gasteiger partial charge in [-0.25, -0.2) is 0 Å². The van der Waals surface area contributed by atoms with E-state index in [-0.39, 0.29) is 12.0 Å². The molecule has 0 aromatic rings. The maximum absolute atomic E-state index is 11.3. The molecule has 76 valence electrons. The minimum atomic E-state index is -0.377. The first kappa shape index (κ1) is 10.5. The van der Waals surface area contributed by atoms with Gasteiger partial charge in [0.05, 0.1) is 6.10 Å². The quantitative estimate of drug-likeness (QED) is 0.688. The van der Waals surface area contributed by atoms with Gasteiger partial charge in [0.2, 0.25) is 5.91 Å². The maximum Gasteiger partial charge on any atom is 0.220 e. The molecule has 0 heterocycles. The van der Waals surface area contributed by atoms with Gasteiger partial charge in [0.15, 0.2) is 0 Å². The number of carbonyl (C=O) groups is 1. The third kappa shape index (κ3) is 3.35. The van der Waals surface area contributed by atoms with Crippen molar-refractivity contribution in [2.24, 2.45) is 5.41 Å². The predicted molar refractivity (Wildman–Crippen MR) is 51.2 cm³/mol. The summed E-state index contributed by atoms with van der Waals surface area (Å²) in [6.07, 6.45) is 1.69. The predicted octanol–water partition coefficient (Wildman–Crippen LogP) is 1.06. The Morgan fingerprint density at radius 1 is 1.69 bits per heavy atom. The van der Waals surface area contributed by atoms with Gasteiger partial charge in [-0.2, -0.15) is 0 Å². The number of rotatable bonds is 4. The van der Waals surface area contributed by atoms with Gasteiger partial charge in [-0.15, -0.1) is 0 Å². The van der Waals surface area contributed by atoms with Crippen LogP contribution in [0.5, 0.6) is 0 Å². The zero-order valence-electron chi connectivity index (χ0n) is 8.63. The summed E-state index contributed by atoms with van der Waals surface area (Å²) < 4.78 is 0. The molecule has 1 amide bonds. The van der Waals surface area contributed by atoms with E-state index in [1.54, 1.807) is 6.92 Å². The van der Waals surface area contributed by atoms with E-state index < -0.39 is 0 Å². The number of carbonyl (C=O) groups excluding carboxylic acids is 1. The van der Waals surface area contributed by atoms with Gasteiger partial charge < -0.3 is 10.4 Å². The lowest BCUT2D eigenvalue weighted by atomic mass is 10.2. The van der Waals surface area contributed by atoms with Crippen LogP contribution in [0.2, 0.25) is 0 Å². The van der Waals surface area contributed by atoms with Gasteiger partial charge in [-0.05, 0) is 25.2 Å². The van der Waals surface area contributed by atoms with Gasteiger partial charge in [0.1, 0.15) is 0 Å². The summed E-state index contributed by atoms with van der Waals surface area (Å²) in [7, 11) is 0. The third-order valence-corrected chi connectivity index (χ3v) is 2.64. The Bertz CT molecular complexity index is 199. The Kier molecular flexibility index (Phi) is 2.96. The maximum atomic E-state index is 11.3. The molecule has 0 aliphatic heterocycles. The van der Waals surface area contributed by atoms with Crippen LogP contribution in [0.1, 0.15) is 40.0 Å². The fourth-order valence-corrected chi connectivity index (χ4v) is 1.32. The smallest absolute Gasteiger partial charge is 0.220 e. The van der Waals surface area contributed by atoms with E-state index >= 15 is 0 Å². The molecule has 13 heavy (non-hydrogen) atoms. The molecule has 1 aliphatic rings. The molecule has 0 aromatic carbocycles. The molecular formula is C10H19NO2. The van der Waals surface area contributed by atoms with E-state index in [0.717, 1.165) is 6.42 Å². The van der Waals surface area contributed by atoms with E-state index in [1.165, 1.54) is 0 Å². The molecule has 2 N–H and O–H groups in total. The largest absolute Gasteiger partial charge is 0.393 e. The van der Waals surface area contributed by atoms with Crippen molar-refractivity contribution >= 4 is 5.91 Å². The summed E-state index contributed by atoms with van der Waals surface area (Å²) in [5.74, 6) is 0.0662. The van der Waals surface area contributed by atoms with Gasteiger partial charge in [-0.1, -0.05) is 13.8 Å². The molecule has 3 heteroatoms. The first-order valence-electron chi connectivity index (χ1n) is 4.89. The van der Waals surface area contributed by atoms with E-state index in [2.05, 4.69) is 19.2 Å². The molecule has 0 radical (unpaired) electrons. The Hall–Kier alpha value is -0.570. The molecule has 1 rings (SSSR count). The summed E-state index contributed by atoms with van der Waals surface area (Å²) in [5.41, 5.74) is 0.292. The van der Waals surface area contributed by atoms with Crippen LogP contribution in [0, 0.1) is 5.41 Å². The second-order valence-electron chi connectivity index (χ2n) is 4.70. The van der Waals surface area contributed by atoms with Crippen LogP contribution in [0.15, 0.2) is 0 Å². The van der Waals surface area contributed by atoms with Crippen molar-refractivity contribution in [2.75, 3.05) is 0 Å². The van der Waals surface area contributed by atoms with Gasteiger partial charge in [0.25, 0.3) is 0 Å². The highest BCUT2D eigenvalue weighted by Gasteiger charge is 2.46. The van der Waals surface area contributed by atoms with Crippen LogP contribution < -0.4 is 5.32 Å². The van der Waals surface area contributed by atoms with Crippen molar-refractivity contribution in [1.29, 1.82) is 0 Å². The van der Waals surface area contributed by atoms with Crippen LogP contribution in [-0.2, 0) is 4.79 Å². The van der Waals surface area contributed by atoms with E-state index in [1.807, 2.05) is 0 Å². The Labute approximate surface area is 79.5 Å². The first-order valence-corrected chi connectivity index (χ1v) is 4.89. The Balaban J connectivity index is 2.13. The van der Waals surface area contributed by atoms with E-state index in [0.29, 0.717) is 24.3 Å². The fourth-order valence-electron chi connectivity index (χ4n) is 1.32. The summed E-state index contributed by atoms with van der Waals surface area (Å²) in [4.78, 5) is 11.3. The van der Waals surface area contributed by atoms with Crippen molar-refractivity contribution in [3.63, 3.8) is 0 Å². The van der Waals surface area contributed by atoms with Crippen molar-refractivity contribution in [3.05, 3.63) is 0 Å². The average Bonchev–Trinajstić information content (AvgIpc) is 2.54. The molecule has 0 aromatic heterocycles. The van der Waals surface area contributed by atoms with Crippen LogP contribution in [-0.4, -0.2) is 23.2 Å². The zero-order chi connectivity index (χ0) is 10.1. The lowest BCUT2D eigenvalue weighted by molar-refractivity contribution is -0.121. The average molecular weight is 185 g/mol. The van der Waals surface area contributed by atoms with Gasteiger partial charge in [0, 0.05) is 12.5 Å². The highest BCUT2D eigenvalue weighted by atomic mass is 16.3. The molecule has 2 unspecified atom stereocenters. The monoisotopic (exact) mass is 185 g/mol. The minimum absolute atomic E-state index is 0.0662. The van der Waals surface area contributed by atoms with Crippen molar-refractivity contribution in [1.82, 2.24) is 5.32 Å². The van der Waals surface area contributed by atoms with Gasteiger partial charge >= 0.3 is 0 Å². The second kappa shape index (κ2) is 3.66. The first-order chi connectivity index (χ1) is 5.92. The number of aliphatic hydroxyl groups excluding tert-OH is 1. The highest BCUT2D eigenvalue weighted by molar-refractivity contribution is 5.76. The topological polar surface area (TPSA) is 49.3 Å².